The topological polar surface area (TPSA) is 88.3 Å². The third-order valence-electron chi connectivity index (χ3n) is 3.05. The van der Waals surface area contributed by atoms with Gasteiger partial charge in [-0.05, 0) is 5.92 Å². The highest BCUT2D eigenvalue weighted by Gasteiger charge is 2.36. The fourth-order valence-corrected chi connectivity index (χ4v) is 2.04. The molecule has 1 aliphatic rings. The highest BCUT2D eigenvalue weighted by atomic mass is 16.4. The van der Waals surface area contributed by atoms with Crippen LogP contribution in [0.3, 0.4) is 0 Å². The molecule has 2 atom stereocenters. The molecule has 0 radical (unpaired) electrons. The van der Waals surface area contributed by atoms with E-state index < -0.39 is 11.9 Å². The maximum Gasteiger partial charge on any atom is 0.308 e. The minimum atomic E-state index is -0.839. The molecule has 1 aromatic heterocycles. The minimum Gasteiger partial charge on any atom is -0.481 e. The van der Waals surface area contributed by atoms with Crippen LogP contribution in [0.4, 0.5) is 0 Å². The second kappa shape index (κ2) is 4.52. The average molecular weight is 238 g/mol. The SMILES string of the molecule is C[C@@H]1CN(C(=O)Cn2cncn2)C[C@H]1C(=O)O. The molecule has 2 heterocycles. The number of carbonyl (C=O) groups is 2. The van der Waals surface area contributed by atoms with Crippen LogP contribution in [-0.4, -0.2) is 49.7 Å². The quantitative estimate of drug-likeness (QED) is 0.763. The van der Waals surface area contributed by atoms with Crippen LogP contribution in [0.15, 0.2) is 12.7 Å². The Morgan fingerprint density at radius 2 is 2.24 bits per heavy atom. The Labute approximate surface area is 98.0 Å². The fraction of sp³-hybridized carbons (Fsp3) is 0.600. The Kier molecular flexibility index (Phi) is 3.08. The first-order chi connectivity index (χ1) is 8.08. The lowest BCUT2D eigenvalue weighted by molar-refractivity contribution is -0.142. The first-order valence-electron chi connectivity index (χ1n) is 5.41. The number of carbonyl (C=O) groups excluding carboxylic acids is 1. The van der Waals surface area contributed by atoms with E-state index in [0.717, 1.165) is 0 Å². The van der Waals surface area contributed by atoms with Gasteiger partial charge in [-0.15, -0.1) is 0 Å². The molecule has 0 aliphatic carbocycles. The standard InChI is InChI=1S/C10H14N4O3/c1-7-2-13(3-8(7)10(16)17)9(15)4-14-6-11-5-12-14/h5-8H,2-4H2,1H3,(H,16,17)/t7-,8-/m1/s1. The molecule has 0 aromatic carbocycles. The molecular formula is C10H14N4O3. The summed E-state index contributed by atoms with van der Waals surface area (Å²) in [6.07, 6.45) is 2.83. The number of aromatic nitrogens is 3. The van der Waals surface area contributed by atoms with Gasteiger partial charge in [0.1, 0.15) is 19.2 Å². The van der Waals surface area contributed by atoms with Crippen LogP contribution in [0.25, 0.3) is 0 Å². The molecule has 1 amide bonds. The molecular weight excluding hydrogens is 224 g/mol. The van der Waals surface area contributed by atoms with Crippen molar-refractivity contribution in [1.82, 2.24) is 19.7 Å². The Morgan fingerprint density at radius 3 is 2.76 bits per heavy atom. The monoisotopic (exact) mass is 238 g/mol. The lowest BCUT2D eigenvalue weighted by Crippen LogP contribution is -2.33. The number of nitrogens with zero attached hydrogens (tertiary/aromatic N) is 4. The average Bonchev–Trinajstić information content (AvgIpc) is 2.86. The lowest BCUT2D eigenvalue weighted by atomic mass is 9.99. The van der Waals surface area contributed by atoms with Crippen LogP contribution >= 0.6 is 0 Å². The van der Waals surface area contributed by atoms with E-state index in [-0.39, 0.29) is 24.9 Å². The largest absolute Gasteiger partial charge is 0.481 e. The molecule has 17 heavy (non-hydrogen) atoms. The highest BCUT2D eigenvalue weighted by Crippen LogP contribution is 2.23. The number of likely N-dealkylation sites (tertiary alicyclic amines) is 1. The van der Waals surface area contributed by atoms with Gasteiger partial charge in [-0.2, -0.15) is 5.10 Å². The second-order valence-electron chi connectivity index (χ2n) is 4.31. The highest BCUT2D eigenvalue weighted by molar-refractivity contribution is 5.78. The van der Waals surface area contributed by atoms with Gasteiger partial charge in [-0.25, -0.2) is 9.67 Å². The van der Waals surface area contributed by atoms with Crippen molar-refractivity contribution in [2.24, 2.45) is 11.8 Å². The number of hydrogen-bond donors (Lipinski definition) is 1. The molecule has 92 valence electrons. The third kappa shape index (κ3) is 2.43. The van der Waals surface area contributed by atoms with Gasteiger partial charge in [0.25, 0.3) is 0 Å². The third-order valence-corrected chi connectivity index (χ3v) is 3.05. The van der Waals surface area contributed by atoms with E-state index in [9.17, 15) is 9.59 Å². The summed E-state index contributed by atoms with van der Waals surface area (Å²) in [4.78, 5) is 28.1. The number of rotatable bonds is 3. The van der Waals surface area contributed by atoms with Gasteiger partial charge in [0.05, 0.1) is 5.92 Å². The van der Waals surface area contributed by atoms with E-state index in [1.165, 1.54) is 17.3 Å². The Bertz CT molecular complexity index is 417. The lowest BCUT2D eigenvalue weighted by Gasteiger charge is -2.15. The molecule has 0 bridgehead atoms. The predicted molar refractivity (Wildman–Crippen MR) is 56.9 cm³/mol. The summed E-state index contributed by atoms with van der Waals surface area (Å²) in [5, 5.41) is 12.8. The predicted octanol–water partition coefficient (Wildman–Crippen LogP) is -0.543. The van der Waals surface area contributed by atoms with Crippen molar-refractivity contribution in [3.8, 4) is 0 Å². The smallest absolute Gasteiger partial charge is 0.308 e. The summed E-state index contributed by atoms with van der Waals surface area (Å²) in [6, 6.07) is 0. The molecule has 0 spiro atoms. The maximum absolute atomic E-state index is 11.9. The summed E-state index contributed by atoms with van der Waals surface area (Å²) in [5.74, 6) is -1.43. The number of carboxylic acid groups (broad SMARTS) is 1. The van der Waals surface area contributed by atoms with Crippen molar-refractivity contribution in [1.29, 1.82) is 0 Å². The van der Waals surface area contributed by atoms with Crippen molar-refractivity contribution < 1.29 is 14.7 Å². The van der Waals surface area contributed by atoms with Crippen LogP contribution in [-0.2, 0) is 16.1 Å². The second-order valence-corrected chi connectivity index (χ2v) is 4.31. The molecule has 1 aromatic rings. The van der Waals surface area contributed by atoms with Crippen molar-refractivity contribution in [3.63, 3.8) is 0 Å². The van der Waals surface area contributed by atoms with Crippen LogP contribution in [0.1, 0.15) is 6.92 Å². The molecule has 1 N–H and O–H groups in total. The van der Waals surface area contributed by atoms with Gasteiger partial charge < -0.3 is 10.0 Å². The Hall–Kier alpha value is -1.92. The Morgan fingerprint density at radius 1 is 1.47 bits per heavy atom. The molecule has 0 unspecified atom stereocenters. The van der Waals surface area contributed by atoms with Gasteiger partial charge in [0.2, 0.25) is 5.91 Å². The molecule has 0 saturated carbocycles. The zero-order valence-corrected chi connectivity index (χ0v) is 9.48. The maximum atomic E-state index is 11.9. The summed E-state index contributed by atoms with van der Waals surface area (Å²) < 4.78 is 1.43. The number of amides is 1. The molecule has 2 rings (SSSR count). The minimum absolute atomic E-state index is 0.00723. The van der Waals surface area contributed by atoms with Crippen molar-refractivity contribution in [3.05, 3.63) is 12.7 Å². The summed E-state index contributed by atoms with van der Waals surface area (Å²) in [5.41, 5.74) is 0. The molecule has 1 fully saturated rings. The Balaban J connectivity index is 1.96. The molecule has 1 aliphatic heterocycles. The van der Waals surface area contributed by atoms with Crippen molar-refractivity contribution in [2.75, 3.05) is 13.1 Å². The zero-order valence-electron chi connectivity index (χ0n) is 9.48. The van der Waals surface area contributed by atoms with E-state index in [1.54, 1.807) is 4.90 Å². The van der Waals surface area contributed by atoms with E-state index in [2.05, 4.69) is 10.1 Å². The van der Waals surface area contributed by atoms with Crippen LogP contribution in [0.5, 0.6) is 0 Å². The van der Waals surface area contributed by atoms with Gasteiger partial charge in [0.15, 0.2) is 0 Å². The van der Waals surface area contributed by atoms with Gasteiger partial charge in [-0.3, -0.25) is 9.59 Å². The van der Waals surface area contributed by atoms with Crippen LogP contribution < -0.4 is 0 Å². The normalized spacial score (nSPS) is 23.9. The van der Waals surface area contributed by atoms with Crippen molar-refractivity contribution >= 4 is 11.9 Å². The summed E-state index contributed by atoms with van der Waals surface area (Å²) in [6.45, 7) is 2.73. The summed E-state index contributed by atoms with van der Waals surface area (Å²) >= 11 is 0. The first kappa shape index (κ1) is 11.6. The number of carboxylic acids is 1. The molecule has 7 heteroatoms. The fourth-order valence-electron chi connectivity index (χ4n) is 2.04. The molecule has 1 saturated heterocycles. The van der Waals surface area contributed by atoms with E-state index in [4.69, 9.17) is 5.11 Å². The van der Waals surface area contributed by atoms with E-state index in [1.807, 2.05) is 6.92 Å². The summed E-state index contributed by atoms with van der Waals surface area (Å²) in [7, 11) is 0. The number of hydrogen-bond acceptors (Lipinski definition) is 4. The van der Waals surface area contributed by atoms with Gasteiger partial charge in [0, 0.05) is 13.1 Å². The van der Waals surface area contributed by atoms with E-state index in [0.29, 0.717) is 6.54 Å². The van der Waals surface area contributed by atoms with E-state index >= 15 is 0 Å². The first-order valence-corrected chi connectivity index (χ1v) is 5.41. The molecule has 7 nitrogen and oxygen atoms in total. The van der Waals surface area contributed by atoms with Crippen molar-refractivity contribution in [2.45, 2.75) is 13.5 Å². The zero-order chi connectivity index (χ0) is 12.4. The van der Waals surface area contributed by atoms with Crippen LogP contribution in [0.2, 0.25) is 0 Å². The number of aliphatic carboxylic acids is 1. The van der Waals surface area contributed by atoms with Crippen LogP contribution in [0, 0.1) is 11.8 Å². The van der Waals surface area contributed by atoms with Gasteiger partial charge in [-0.1, -0.05) is 6.92 Å². The van der Waals surface area contributed by atoms with Gasteiger partial charge >= 0.3 is 5.97 Å².